The van der Waals surface area contributed by atoms with E-state index < -0.39 is 40.8 Å². The summed E-state index contributed by atoms with van der Waals surface area (Å²) >= 11 is 12.3. The molecule has 1 saturated heterocycles. The van der Waals surface area contributed by atoms with Gasteiger partial charge in [0, 0.05) is 10.7 Å². The third-order valence-corrected chi connectivity index (χ3v) is 6.07. The number of hydrogen-bond acceptors (Lipinski definition) is 5. The van der Waals surface area contributed by atoms with Gasteiger partial charge in [0.25, 0.3) is 11.7 Å². The van der Waals surface area contributed by atoms with E-state index in [1.165, 1.54) is 43.5 Å². The number of anilines is 1. The van der Waals surface area contributed by atoms with Crippen molar-refractivity contribution in [3.63, 3.8) is 0 Å². The fourth-order valence-electron chi connectivity index (χ4n) is 4.01. The summed E-state index contributed by atoms with van der Waals surface area (Å²) in [7, 11) is 1.28. The molecule has 1 unspecified atom stereocenters. The Hall–Kier alpha value is -3.69. The molecule has 11 heteroatoms. The van der Waals surface area contributed by atoms with Crippen LogP contribution in [0.25, 0.3) is 5.76 Å². The number of aromatic hydroxyl groups is 1. The number of carbonyl (C=O) groups excluding carboxylic acids is 2. The number of carbonyl (C=O) groups is 2. The lowest BCUT2D eigenvalue weighted by atomic mass is 9.94. The molecule has 1 fully saturated rings. The Labute approximate surface area is 212 Å². The summed E-state index contributed by atoms with van der Waals surface area (Å²) in [5.41, 5.74) is -1.25. The van der Waals surface area contributed by atoms with Crippen LogP contribution in [0.4, 0.5) is 18.9 Å². The number of rotatable bonds is 4. The fraction of sp³-hybridized carbons (Fsp3) is 0.120. The van der Waals surface area contributed by atoms with Gasteiger partial charge in [0.1, 0.15) is 17.3 Å². The first kappa shape index (κ1) is 25.4. The minimum absolute atomic E-state index is 0.0195. The van der Waals surface area contributed by atoms with Crippen LogP contribution in [0.15, 0.2) is 66.2 Å². The Bertz CT molecular complexity index is 1400. The van der Waals surface area contributed by atoms with E-state index in [0.29, 0.717) is 0 Å². The highest BCUT2D eigenvalue weighted by Gasteiger charge is 2.47. The maximum Gasteiger partial charge on any atom is 0.416 e. The van der Waals surface area contributed by atoms with E-state index in [2.05, 4.69) is 0 Å². The Balaban J connectivity index is 1.97. The molecule has 36 heavy (non-hydrogen) atoms. The number of benzene rings is 3. The molecule has 0 spiro atoms. The van der Waals surface area contributed by atoms with Crippen molar-refractivity contribution in [3.05, 3.63) is 93.0 Å². The number of ether oxygens (including phenoxy) is 1. The molecule has 4 rings (SSSR count). The number of amides is 1. The number of halogens is 5. The van der Waals surface area contributed by atoms with Crippen LogP contribution in [0.1, 0.15) is 22.7 Å². The summed E-state index contributed by atoms with van der Waals surface area (Å²) in [5, 5.41) is 21.4. The quantitative estimate of drug-likeness (QED) is 0.230. The zero-order chi connectivity index (χ0) is 26.4. The highest BCUT2D eigenvalue weighted by molar-refractivity contribution is 6.52. The van der Waals surface area contributed by atoms with Gasteiger partial charge in [0.05, 0.1) is 34.9 Å². The van der Waals surface area contributed by atoms with Gasteiger partial charge in [0.15, 0.2) is 0 Å². The molecule has 0 radical (unpaired) electrons. The Morgan fingerprint density at radius 2 is 1.69 bits per heavy atom. The molecule has 2 N–H and O–H groups in total. The number of hydrogen-bond donors (Lipinski definition) is 2. The van der Waals surface area contributed by atoms with Gasteiger partial charge in [-0.25, -0.2) is 0 Å². The molecule has 1 aliphatic rings. The average molecular weight is 538 g/mol. The van der Waals surface area contributed by atoms with Gasteiger partial charge in [-0.15, -0.1) is 0 Å². The van der Waals surface area contributed by atoms with Gasteiger partial charge in [-0.05, 0) is 54.1 Å². The molecule has 0 aromatic heterocycles. The second-order valence-electron chi connectivity index (χ2n) is 7.78. The third-order valence-electron chi connectivity index (χ3n) is 5.57. The van der Waals surface area contributed by atoms with Crippen molar-refractivity contribution in [3.8, 4) is 11.5 Å². The highest BCUT2D eigenvalue weighted by Crippen LogP contribution is 2.45. The van der Waals surface area contributed by atoms with Gasteiger partial charge in [-0.2, -0.15) is 13.2 Å². The number of nitrogens with zero attached hydrogens (tertiary/aromatic N) is 1. The van der Waals surface area contributed by atoms with E-state index in [9.17, 15) is 33.0 Å². The number of ketones is 1. The topological polar surface area (TPSA) is 87.1 Å². The molecule has 1 atom stereocenters. The lowest BCUT2D eigenvalue weighted by Crippen LogP contribution is -2.29. The second-order valence-corrected chi connectivity index (χ2v) is 8.62. The van der Waals surface area contributed by atoms with Crippen LogP contribution in [0, 0.1) is 0 Å². The molecule has 1 amide bonds. The van der Waals surface area contributed by atoms with E-state index in [-0.39, 0.29) is 38.4 Å². The van der Waals surface area contributed by atoms with Crippen molar-refractivity contribution in [2.75, 3.05) is 12.0 Å². The number of aliphatic hydroxyl groups is 1. The number of Topliss-reactive ketones (excluding diaryl/α,β-unsaturated/α-hetero) is 1. The van der Waals surface area contributed by atoms with E-state index in [1.807, 2.05) is 0 Å². The van der Waals surface area contributed by atoms with E-state index in [4.69, 9.17) is 27.9 Å². The normalized spacial score (nSPS) is 17.5. The van der Waals surface area contributed by atoms with Gasteiger partial charge in [-0.1, -0.05) is 35.3 Å². The Kier molecular flexibility index (Phi) is 6.64. The van der Waals surface area contributed by atoms with E-state index >= 15 is 0 Å². The van der Waals surface area contributed by atoms with Crippen LogP contribution >= 0.6 is 23.2 Å². The summed E-state index contributed by atoms with van der Waals surface area (Å²) in [6.07, 6.45) is -4.61. The molecule has 186 valence electrons. The van der Waals surface area contributed by atoms with Crippen LogP contribution in [-0.4, -0.2) is 29.0 Å². The maximum absolute atomic E-state index is 13.2. The molecule has 1 heterocycles. The second kappa shape index (κ2) is 9.40. The number of phenolic OH excluding ortho intramolecular Hbond substituents is 1. The smallest absolute Gasteiger partial charge is 0.416 e. The van der Waals surface area contributed by atoms with Gasteiger partial charge in [0.2, 0.25) is 0 Å². The first-order chi connectivity index (χ1) is 16.9. The molecule has 3 aromatic rings. The first-order valence-corrected chi connectivity index (χ1v) is 11.0. The minimum atomic E-state index is -4.61. The average Bonchev–Trinajstić information content (AvgIpc) is 3.08. The molecule has 6 nitrogen and oxygen atoms in total. The molecule has 0 aliphatic carbocycles. The first-order valence-electron chi connectivity index (χ1n) is 10.2. The van der Waals surface area contributed by atoms with Crippen LogP contribution in [-0.2, 0) is 15.8 Å². The summed E-state index contributed by atoms with van der Waals surface area (Å²) in [6, 6.07) is 10.5. The molecule has 3 aromatic carbocycles. The number of phenols is 1. The van der Waals surface area contributed by atoms with Crippen LogP contribution in [0.3, 0.4) is 0 Å². The Morgan fingerprint density at radius 1 is 1.03 bits per heavy atom. The van der Waals surface area contributed by atoms with Crippen LogP contribution in [0.2, 0.25) is 10.0 Å². The lowest BCUT2D eigenvalue weighted by molar-refractivity contribution is -0.137. The SMILES string of the molecule is COc1c(Cl)cc(Cl)cc1/C(O)=C1\C(=O)C(=O)N(c2ccc(C(F)(F)F)cc2)C1c1cccc(O)c1. The van der Waals surface area contributed by atoms with Gasteiger partial charge >= 0.3 is 6.18 Å². The standard InChI is InChI=1S/C25H16Cl2F3NO5/c1-36-23-17(10-14(26)11-18(23)27)21(33)19-20(12-3-2-4-16(32)9-12)31(24(35)22(19)34)15-7-5-13(6-8-15)25(28,29)30/h2-11,20,32-33H,1H3/b21-19+. The van der Waals surface area contributed by atoms with E-state index in [0.717, 1.165) is 29.2 Å². The zero-order valence-corrected chi connectivity index (χ0v) is 19.8. The van der Waals surface area contributed by atoms with Crippen molar-refractivity contribution in [1.82, 2.24) is 0 Å². The monoisotopic (exact) mass is 537 g/mol. The third kappa shape index (κ3) is 4.47. The largest absolute Gasteiger partial charge is 0.508 e. The summed E-state index contributed by atoms with van der Waals surface area (Å²) in [4.78, 5) is 27.3. The predicted octanol–water partition coefficient (Wildman–Crippen LogP) is 6.35. The Morgan fingerprint density at radius 3 is 2.28 bits per heavy atom. The number of methoxy groups -OCH3 is 1. The predicted molar refractivity (Wildman–Crippen MR) is 127 cm³/mol. The van der Waals surface area contributed by atoms with Crippen molar-refractivity contribution >= 4 is 46.3 Å². The van der Waals surface area contributed by atoms with Crippen molar-refractivity contribution in [2.24, 2.45) is 0 Å². The van der Waals surface area contributed by atoms with Crippen LogP contribution in [0.5, 0.6) is 11.5 Å². The lowest BCUT2D eigenvalue weighted by Gasteiger charge is -2.26. The number of aliphatic hydroxyl groups excluding tert-OH is 1. The van der Waals surface area contributed by atoms with Crippen LogP contribution < -0.4 is 9.64 Å². The van der Waals surface area contributed by atoms with Gasteiger partial charge < -0.3 is 14.9 Å². The summed E-state index contributed by atoms with van der Waals surface area (Å²) < 4.78 is 44.5. The maximum atomic E-state index is 13.2. The minimum Gasteiger partial charge on any atom is -0.508 e. The molecule has 0 saturated carbocycles. The summed E-state index contributed by atoms with van der Waals surface area (Å²) in [5.74, 6) is -3.10. The fourth-order valence-corrected chi connectivity index (χ4v) is 4.58. The highest BCUT2D eigenvalue weighted by atomic mass is 35.5. The van der Waals surface area contributed by atoms with Crippen molar-refractivity contribution in [2.45, 2.75) is 12.2 Å². The molecular weight excluding hydrogens is 522 g/mol. The summed E-state index contributed by atoms with van der Waals surface area (Å²) in [6.45, 7) is 0. The number of alkyl halides is 3. The zero-order valence-electron chi connectivity index (χ0n) is 18.3. The molecule has 0 bridgehead atoms. The van der Waals surface area contributed by atoms with Crippen molar-refractivity contribution < 1.29 is 37.7 Å². The molecule has 1 aliphatic heterocycles. The van der Waals surface area contributed by atoms with Gasteiger partial charge in [-0.3, -0.25) is 14.5 Å². The van der Waals surface area contributed by atoms with Crippen molar-refractivity contribution in [1.29, 1.82) is 0 Å². The van der Waals surface area contributed by atoms with E-state index in [1.54, 1.807) is 0 Å². The molecular formula is C25H16Cl2F3NO5.